The zero-order valence-electron chi connectivity index (χ0n) is 17.3. The summed E-state index contributed by atoms with van der Waals surface area (Å²) in [5.41, 5.74) is 4.06. The van der Waals surface area contributed by atoms with E-state index in [1.54, 1.807) is 17.9 Å². The number of carbonyl (C=O) groups excluding carboxylic acids is 2. The third kappa shape index (κ3) is 6.10. The molecular weight excluding hydrogens is 372 g/mol. The number of hydrogen-bond acceptors (Lipinski definition) is 2. The standard InChI is InChI=1S/C23H29ClN2O2/c1-15(2)25-23(28)18(5)26(14-19-7-6-8-21(24)12-19)22(27)13-20-11-16(3)9-10-17(20)4/h6-12,15,18H,13-14H2,1-5H3,(H,25,28)/t18-/m0/s1. The molecule has 1 atom stereocenters. The molecule has 4 nitrogen and oxygen atoms in total. The zero-order chi connectivity index (χ0) is 20.8. The van der Waals surface area contributed by atoms with Crippen LogP contribution in [0.3, 0.4) is 0 Å². The summed E-state index contributed by atoms with van der Waals surface area (Å²) >= 11 is 6.10. The maximum Gasteiger partial charge on any atom is 0.242 e. The first-order valence-electron chi connectivity index (χ1n) is 9.57. The van der Waals surface area contributed by atoms with Crippen molar-refractivity contribution in [2.75, 3.05) is 0 Å². The van der Waals surface area contributed by atoms with Crippen molar-refractivity contribution in [1.29, 1.82) is 0 Å². The van der Waals surface area contributed by atoms with Crippen molar-refractivity contribution in [3.63, 3.8) is 0 Å². The largest absolute Gasteiger partial charge is 0.352 e. The number of aryl methyl sites for hydroxylation is 2. The molecule has 2 aromatic rings. The van der Waals surface area contributed by atoms with E-state index >= 15 is 0 Å². The second kappa shape index (κ2) is 9.74. The molecule has 5 heteroatoms. The van der Waals surface area contributed by atoms with Crippen molar-refractivity contribution in [3.05, 3.63) is 69.7 Å². The second-order valence-corrected chi connectivity index (χ2v) is 8.03. The zero-order valence-corrected chi connectivity index (χ0v) is 18.0. The highest BCUT2D eigenvalue weighted by Gasteiger charge is 2.26. The number of halogens is 1. The Morgan fingerprint density at radius 2 is 1.79 bits per heavy atom. The molecule has 0 aromatic heterocycles. The molecule has 0 aliphatic heterocycles. The Bertz CT molecular complexity index is 848. The fourth-order valence-electron chi connectivity index (χ4n) is 3.07. The normalized spacial score (nSPS) is 12.0. The smallest absolute Gasteiger partial charge is 0.242 e. The number of rotatable bonds is 7. The minimum atomic E-state index is -0.584. The molecule has 28 heavy (non-hydrogen) atoms. The molecule has 0 saturated heterocycles. The highest BCUT2D eigenvalue weighted by atomic mass is 35.5. The number of hydrogen-bond donors (Lipinski definition) is 1. The van der Waals surface area contributed by atoms with Gasteiger partial charge in [-0.1, -0.05) is 47.5 Å². The Kier molecular flexibility index (Phi) is 7.64. The van der Waals surface area contributed by atoms with Gasteiger partial charge in [0.05, 0.1) is 6.42 Å². The molecule has 0 heterocycles. The van der Waals surface area contributed by atoms with Gasteiger partial charge in [-0.15, -0.1) is 0 Å². The Hall–Kier alpha value is -2.33. The van der Waals surface area contributed by atoms with Crippen LogP contribution in [0.5, 0.6) is 0 Å². The SMILES string of the molecule is Cc1ccc(C)c(CC(=O)N(Cc2cccc(Cl)c2)[C@@H](C)C(=O)NC(C)C)c1. The summed E-state index contributed by atoms with van der Waals surface area (Å²) in [5, 5.41) is 3.51. The van der Waals surface area contributed by atoms with Crippen LogP contribution in [0.2, 0.25) is 5.02 Å². The highest BCUT2D eigenvalue weighted by Crippen LogP contribution is 2.18. The van der Waals surface area contributed by atoms with E-state index in [0.29, 0.717) is 11.6 Å². The van der Waals surface area contributed by atoms with Crippen LogP contribution < -0.4 is 5.32 Å². The van der Waals surface area contributed by atoms with E-state index < -0.39 is 6.04 Å². The van der Waals surface area contributed by atoms with Crippen LogP contribution in [0, 0.1) is 13.8 Å². The van der Waals surface area contributed by atoms with Gasteiger partial charge in [0.15, 0.2) is 0 Å². The van der Waals surface area contributed by atoms with Gasteiger partial charge >= 0.3 is 0 Å². The average Bonchev–Trinajstić information content (AvgIpc) is 2.61. The van der Waals surface area contributed by atoms with E-state index in [2.05, 4.69) is 5.32 Å². The molecule has 0 spiro atoms. The molecule has 0 saturated carbocycles. The van der Waals surface area contributed by atoms with Gasteiger partial charge in [-0.05, 0) is 63.4 Å². The molecule has 2 amide bonds. The van der Waals surface area contributed by atoms with E-state index in [1.807, 2.05) is 64.1 Å². The van der Waals surface area contributed by atoms with Crippen molar-refractivity contribution in [1.82, 2.24) is 10.2 Å². The van der Waals surface area contributed by atoms with Crippen LogP contribution >= 0.6 is 11.6 Å². The van der Waals surface area contributed by atoms with Crippen molar-refractivity contribution in [3.8, 4) is 0 Å². The predicted molar refractivity (Wildman–Crippen MR) is 114 cm³/mol. The number of nitrogens with one attached hydrogen (secondary N) is 1. The van der Waals surface area contributed by atoms with Crippen LogP contribution in [-0.2, 0) is 22.6 Å². The van der Waals surface area contributed by atoms with Gasteiger partial charge in [-0.2, -0.15) is 0 Å². The lowest BCUT2D eigenvalue weighted by Crippen LogP contribution is -2.49. The van der Waals surface area contributed by atoms with Crippen molar-refractivity contribution < 1.29 is 9.59 Å². The molecule has 1 N–H and O–H groups in total. The van der Waals surface area contributed by atoms with E-state index in [-0.39, 0.29) is 24.3 Å². The molecule has 0 bridgehead atoms. The topological polar surface area (TPSA) is 49.4 Å². The first-order valence-corrected chi connectivity index (χ1v) is 9.95. The van der Waals surface area contributed by atoms with Gasteiger partial charge in [-0.25, -0.2) is 0 Å². The monoisotopic (exact) mass is 400 g/mol. The maximum absolute atomic E-state index is 13.2. The van der Waals surface area contributed by atoms with Crippen molar-refractivity contribution >= 4 is 23.4 Å². The van der Waals surface area contributed by atoms with E-state index in [0.717, 1.165) is 22.3 Å². The Labute approximate surface area is 172 Å². The minimum absolute atomic E-state index is 0.0112. The first kappa shape index (κ1) is 22.0. The third-order valence-electron chi connectivity index (χ3n) is 4.69. The van der Waals surface area contributed by atoms with Crippen LogP contribution in [0.25, 0.3) is 0 Å². The molecule has 0 aliphatic rings. The lowest BCUT2D eigenvalue weighted by molar-refractivity contribution is -0.140. The lowest BCUT2D eigenvalue weighted by Gasteiger charge is -2.29. The van der Waals surface area contributed by atoms with Gasteiger partial charge in [0.1, 0.15) is 6.04 Å². The van der Waals surface area contributed by atoms with E-state index in [4.69, 9.17) is 11.6 Å². The molecule has 150 valence electrons. The summed E-state index contributed by atoms with van der Waals surface area (Å²) in [7, 11) is 0. The van der Waals surface area contributed by atoms with Gasteiger partial charge in [0, 0.05) is 17.6 Å². The van der Waals surface area contributed by atoms with Gasteiger partial charge in [0.25, 0.3) is 0 Å². The van der Waals surface area contributed by atoms with Crippen LogP contribution in [0.1, 0.15) is 43.0 Å². The van der Waals surface area contributed by atoms with E-state index in [9.17, 15) is 9.59 Å². The predicted octanol–water partition coefficient (Wildman–Crippen LogP) is 4.44. The Morgan fingerprint density at radius 3 is 2.43 bits per heavy atom. The average molecular weight is 401 g/mol. The molecule has 2 aromatic carbocycles. The number of carbonyl (C=O) groups is 2. The van der Waals surface area contributed by atoms with Crippen LogP contribution in [0.15, 0.2) is 42.5 Å². The first-order chi connectivity index (χ1) is 13.2. The second-order valence-electron chi connectivity index (χ2n) is 7.60. The summed E-state index contributed by atoms with van der Waals surface area (Å²) in [6.45, 7) is 9.92. The highest BCUT2D eigenvalue weighted by molar-refractivity contribution is 6.30. The van der Waals surface area contributed by atoms with Crippen molar-refractivity contribution in [2.24, 2.45) is 0 Å². The third-order valence-corrected chi connectivity index (χ3v) is 4.92. The van der Waals surface area contributed by atoms with Gasteiger partial charge in [-0.3, -0.25) is 9.59 Å². The molecule has 0 fully saturated rings. The number of benzene rings is 2. The summed E-state index contributed by atoms with van der Waals surface area (Å²) in [5.74, 6) is -0.244. The molecular formula is C23H29ClN2O2. The molecule has 0 radical (unpaired) electrons. The Morgan fingerprint density at radius 1 is 1.07 bits per heavy atom. The molecule has 0 unspecified atom stereocenters. The van der Waals surface area contributed by atoms with Gasteiger partial charge in [0.2, 0.25) is 11.8 Å². The minimum Gasteiger partial charge on any atom is -0.352 e. The van der Waals surface area contributed by atoms with Crippen LogP contribution in [0.4, 0.5) is 0 Å². The van der Waals surface area contributed by atoms with E-state index in [1.165, 1.54) is 0 Å². The summed E-state index contributed by atoms with van der Waals surface area (Å²) in [4.78, 5) is 27.4. The number of nitrogens with zero attached hydrogens (tertiary/aromatic N) is 1. The Balaban J connectivity index is 2.29. The van der Waals surface area contributed by atoms with Gasteiger partial charge < -0.3 is 10.2 Å². The molecule has 0 aliphatic carbocycles. The summed E-state index contributed by atoms with van der Waals surface area (Å²) in [6.07, 6.45) is 0.257. The fourth-order valence-corrected chi connectivity index (χ4v) is 3.29. The number of amides is 2. The van der Waals surface area contributed by atoms with Crippen LogP contribution in [-0.4, -0.2) is 28.8 Å². The maximum atomic E-state index is 13.2. The summed E-state index contributed by atoms with van der Waals surface area (Å²) < 4.78 is 0. The lowest BCUT2D eigenvalue weighted by atomic mass is 10.0. The van der Waals surface area contributed by atoms with Crippen molar-refractivity contribution in [2.45, 2.75) is 59.7 Å². The molecule has 2 rings (SSSR count). The quantitative estimate of drug-likeness (QED) is 0.746. The fraction of sp³-hybridized carbons (Fsp3) is 0.391. The summed E-state index contributed by atoms with van der Waals surface area (Å²) in [6, 6.07) is 12.9.